The van der Waals surface area contributed by atoms with Crippen molar-refractivity contribution in [2.75, 3.05) is 0 Å². The van der Waals surface area contributed by atoms with Gasteiger partial charge in [-0.2, -0.15) is 0 Å². The summed E-state index contributed by atoms with van der Waals surface area (Å²) < 4.78 is 1.96. The molecular formula is C18H14N2O. The Hall–Kier alpha value is -2.86. The van der Waals surface area contributed by atoms with Crippen LogP contribution < -0.4 is 0 Å². The van der Waals surface area contributed by atoms with Crippen LogP contribution in [0.5, 0.6) is 0 Å². The minimum absolute atomic E-state index is 0.0251. The van der Waals surface area contributed by atoms with Crippen LogP contribution in [0.15, 0.2) is 48.7 Å². The predicted octanol–water partition coefficient (Wildman–Crippen LogP) is 3.18. The van der Waals surface area contributed by atoms with Gasteiger partial charge in [0.05, 0.1) is 5.56 Å². The Labute approximate surface area is 123 Å². The summed E-state index contributed by atoms with van der Waals surface area (Å²) >= 11 is 0. The summed E-state index contributed by atoms with van der Waals surface area (Å²) in [5.41, 5.74) is 3.11. The van der Waals surface area contributed by atoms with E-state index in [0.717, 1.165) is 16.6 Å². The third-order valence-corrected chi connectivity index (χ3v) is 3.43. The van der Waals surface area contributed by atoms with Crippen molar-refractivity contribution in [1.82, 2.24) is 9.55 Å². The van der Waals surface area contributed by atoms with Gasteiger partial charge in [0.25, 0.3) is 0 Å². The van der Waals surface area contributed by atoms with Gasteiger partial charge in [0, 0.05) is 24.1 Å². The molecule has 0 amide bonds. The Morgan fingerprint density at radius 1 is 1.10 bits per heavy atom. The molecule has 0 spiro atoms. The van der Waals surface area contributed by atoms with E-state index in [4.69, 9.17) is 0 Å². The standard InChI is InChI=1S/C18H14N2O/c1-13(21)18-15-8-3-4-9-16(15)20(2)17(18)11-10-14-7-5-6-12-19-14/h3-9,12H,1-2H3. The van der Waals surface area contributed by atoms with Crippen LogP contribution >= 0.6 is 0 Å². The van der Waals surface area contributed by atoms with E-state index in [1.807, 2.05) is 54.1 Å². The van der Waals surface area contributed by atoms with Crippen molar-refractivity contribution in [3.05, 3.63) is 65.6 Å². The van der Waals surface area contributed by atoms with Crippen molar-refractivity contribution in [1.29, 1.82) is 0 Å². The monoisotopic (exact) mass is 274 g/mol. The molecule has 2 heterocycles. The maximum atomic E-state index is 12.0. The van der Waals surface area contributed by atoms with Gasteiger partial charge in [-0.25, -0.2) is 4.98 Å². The molecule has 0 aliphatic carbocycles. The second-order valence-corrected chi connectivity index (χ2v) is 4.82. The van der Waals surface area contributed by atoms with Crippen molar-refractivity contribution in [3.63, 3.8) is 0 Å². The summed E-state index contributed by atoms with van der Waals surface area (Å²) in [5, 5.41) is 0.942. The van der Waals surface area contributed by atoms with Crippen LogP contribution in [0.3, 0.4) is 0 Å². The highest BCUT2D eigenvalue weighted by molar-refractivity contribution is 6.09. The van der Waals surface area contributed by atoms with E-state index in [1.54, 1.807) is 13.1 Å². The second-order valence-electron chi connectivity index (χ2n) is 4.82. The summed E-state index contributed by atoms with van der Waals surface area (Å²) in [7, 11) is 1.93. The molecule has 0 aliphatic rings. The molecular weight excluding hydrogens is 260 g/mol. The topological polar surface area (TPSA) is 34.9 Å². The first-order valence-corrected chi connectivity index (χ1v) is 6.70. The van der Waals surface area contributed by atoms with Gasteiger partial charge in [0.1, 0.15) is 11.4 Å². The van der Waals surface area contributed by atoms with Crippen LogP contribution in [0.25, 0.3) is 10.9 Å². The second kappa shape index (κ2) is 5.26. The summed E-state index contributed by atoms with van der Waals surface area (Å²) in [6.45, 7) is 1.58. The molecule has 3 aromatic rings. The van der Waals surface area contributed by atoms with Gasteiger partial charge in [0.2, 0.25) is 0 Å². The lowest BCUT2D eigenvalue weighted by Crippen LogP contribution is -1.98. The highest BCUT2D eigenvalue weighted by atomic mass is 16.1. The fraction of sp³-hybridized carbons (Fsp3) is 0.111. The molecule has 0 radical (unpaired) electrons. The number of aromatic nitrogens is 2. The lowest BCUT2D eigenvalue weighted by molar-refractivity contribution is 0.101. The van der Waals surface area contributed by atoms with Crippen LogP contribution in [0, 0.1) is 11.8 Å². The zero-order chi connectivity index (χ0) is 14.8. The number of carbonyl (C=O) groups excluding carboxylic acids is 1. The van der Waals surface area contributed by atoms with Crippen molar-refractivity contribution >= 4 is 16.7 Å². The quantitative estimate of drug-likeness (QED) is 0.504. The Bertz CT molecular complexity index is 880. The molecule has 3 heteroatoms. The molecule has 0 saturated carbocycles. The molecule has 0 fully saturated rings. The number of fused-ring (bicyclic) bond motifs is 1. The lowest BCUT2D eigenvalue weighted by atomic mass is 10.1. The molecule has 3 rings (SSSR count). The van der Waals surface area contributed by atoms with E-state index in [9.17, 15) is 4.79 Å². The largest absolute Gasteiger partial charge is 0.337 e. The third-order valence-electron chi connectivity index (χ3n) is 3.43. The fourth-order valence-corrected chi connectivity index (χ4v) is 2.46. The van der Waals surface area contributed by atoms with Gasteiger partial charge < -0.3 is 4.57 Å². The molecule has 0 aliphatic heterocycles. The smallest absolute Gasteiger partial charge is 0.163 e. The van der Waals surface area contributed by atoms with E-state index < -0.39 is 0 Å². The zero-order valence-corrected chi connectivity index (χ0v) is 11.9. The summed E-state index contributed by atoms with van der Waals surface area (Å²) in [5.74, 6) is 6.15. The highest BCUT2D eigenvalue weighted by Gasteiger charge is 2.16. The summed E-state index contributed by atoms with van der Waals surface area (Å²) in [6, 6.07) is 13.4. The number of Topliss-reactive ketones (excluding diaryl/α,β-unsaturated/α-hetero) is 1. The van der Waals surface area contributed by atoms with E-state index in [1.165, 1.54) is 0 Å². The number of carbonyl (C=O) groups is 1. The first-order chi connectivity index (χ1) is 10.2. The Kier molecular flexibility index (Phi) is 3.29. The lowest BCUT2D eigenvalue weighted by Gasteiger charge is -1.97. The van der Waals surface area contributed by atoms with Gasteiger partial charge >= 0.3 is 0 Å². The number of aryl methyl sites for hydroxylation is 1. The van der Waals surface area contributed by atoms with Crippen molar-refractivity contribution in [2.45, 2.75) is 6.92 Å². The third kappa shape index (κ3) is 2.32. The molecule has 0 N–H and O–H groups in total. The van der Waals surface area contributed by atoms with Gasteiger partial charge in [0.15, 0.2) is 5.78 Å². The number of pyridine rings is 1. The zero-order valence-electron chi connectivity index (χ0n) is 11.9. The number of rotatable bonds is 1. The molecule has 1 aromatic carbocycles. The SMILES string of the molecule is CC(=O)c1c(C#Cc2ccccn2)n(C)c2ccccc12. The number of hydrogen-bond acceptors (Lipinski definition) is 2. The number of nitrogens with zero attached hydrogens (tertiary/aromatic N) is 2. The minimum atomic E-state index is 0.0251. The van der Waals surface area contributed by atoms with E-state index in [2.05, 4.69) is 16.8 Å². The number of para-hydroxylation sites is 1. The minimum Gasteiger partial charge on any atom is -0.337 e. The first-order valence-electron chi connectivity index (χ1n) is 6.70. The van der Waals surface area contributed by atoms with Crippen LogP contribution in [0.2, 0.25) is 0 Å². The van der Waals surface area contributed by atoms with E-state index in [0.29, 0.717) is 11.3 Å². The summed E-state index contributed by atoms with van der Waals surface area (Å²) in [6.07, 6.45) is 1.71. The Morgan fingerprint density at radius 3 is 2.57 bits per heavy atom. The predicted molar refractivity (Wildman–Crippen MR) is 83.1 cm³/mol. The van der Waals surface area contributed by atoms with E-state index >= 15 is 0 Å². The van der Waals surface area contributed by atoms with E-state index in [-0.39, 0.29) is 5.78 Å². The maximum Gasteiger partial charge on any atom is 0.163 e. The van der Waals surface area contributed by atoms with Gasteiger partial charge in [-0.05, 0) is 37.0 Å². The van der Waals surface area contributed by atoms with Gasteiger partial charge in [-0.3, -0.25) is 4.79 Å². The Balaban J connectivity index is 2.23. The molecule has 0 bridgehead atoms. The first kappa shape index (κ1) is 13.1. The molecule has 102 valence electrons. The average Bonchev–Trinajstić information content (AvgIpc) is 2.79. The molecule has 0 atom stereocenters. The van der Waals surface area contributed by atoms with Crippen molar-refractivity contribution < 1.29 is 4.79 Å². The molecule has 0 unspecified atom stereocenters. The van der Waals surface area contributed by atoms with Gasteiger partial charge in [-0.1, -0.05) is 24.3 Å². The fourth-order valence-electron chi connectivity index (χ4n) is 2.46. The van der Waals surface area contributed by atoms with Gasteiger partial charge in [-0.15, -0.1) is 0 Å². The molecule has 0 saturated heterocycles. The van der Waals surface area contributed by atoms with Crippen molar-refractivity contribution in [3.8, 4) is 11.8 Å². The highest BCUT2D eigenvalue weighted by Crippen LogP contribution is 2.25. The normalized spacial score (nSPS) is 10.2. The maximum absolute atomic E-state index is 12.0. The molecule has 21 heavy (non-hydrogen) atoms. The van der Waals surface area contributed by atoms with Crippen LogP contribution in [-0.4, -0.2) is 15.3 Å². The van der Waals surface area contributed by atoms with Crippen molar-refractivity contribution in [2.24, 2.45) is 7.05 Å². The van der Waals surface area contributed by atoms with Crippen LogP contribution in [0.4, 0.5) is 0 Å². The number of hydrogen-bond donors (Lipinski definition) is 0. The Morgan fingerprint density at radius 2 is 1.86 bits per heavy atom. The summed E-state index contributed by atoms with van der Waals surface area (Å²) in [4.78, 5) is 16.2. The number of benzene rings is 1. The average molecular weight is 274 g/mol. The molecule has 2 aromatic heterocycles. The van der Waals surface area contributed by atoms with Crippen LogP contribution in [0.1, 0.15) is 28.7 Å². The molecule has 3 nitrogen and oxygen atoms in total. The van der Waals surface area contributed by atoms with Crippen LogP contribution in [-0.2, 0) is 7.05 Å². The number of ketones is 1.